The first-order valence-electron chi connectivity index (χ1n) is 20.4. The van der Waals surface area contributed by atoms with Crippen LogP contribution in [-0.4, -0.2) is 71.2 Å². The van der Waals surface area contributed by atoms with Crippen LogP contribution in [0.3, 0.4) is 0 Å². The van der Waals surface area contributed by atoms with Gasteiger partial charge >= 0.3 is 20.7 Å². The van der Waals surface area contributed by atoms with E-state index in [2.05, 4.69) is 127 Å². The van der Waals surface area contributed by atoms with Gasteiger partial charge in [0.2, 0.25) is 0 Å². The molecule has 0 saturated heterocycles. The average Bonchev–Trinajstić information content (AvgIpc) is 4.02. The quantitative estimate of drug-likeness (QED) is 0.0533. The summed E-state index contributed by atoms with van der Waals surface area (Å²) in [7, 11) is 10.2. The Bertz CT molecular complexity index is 1680. The van der Waals surface area contributed by atoms with Crippen molar-refractivity contribution in [2.24, 2.45) is 0 Å². The number of hydrogen-bond acceptors (Lipinski definition) is 5. The van der Waals surface area contributed by atoms with E-state index in [1.54, 1.807) is 0 Å². The first-order valence-corrected chi connectivity index (χ1v) is 21.1. The standard InChI is InChI=1S/C27H39NO.C13H19NO.C10H10.6CH4.BH2OP/c1-6-21(2)23-8-10-24(11-9-23)22(3)20-27(16-17-27)25-12-14-26(15-13-25)29-19-7-18-28(4)5;1-4-12-6-8-13(9-7-12)15-11-5-10-14(2)3;1-3-9-5-7-10(4-2)8-6-9;;;;;;;2-1-3/h8-15,21-22H,6-7,16-20H2,1-5H3;4,6-9H,1,5,10-11H2,2-3H3;3-8H,1-2H2;6*1H4;3H2. The third kappa shape index (κ3) is 27.0. The van der Waals surface area contributed by atoms with Gasteiger partial charge in [0, 0.05) is 13.1 Å². The minimum atomic E-state index is 0. The van der Waals surface area contributed by atoms with E-state index in [9.17, 15) is 0 Å². The molecule has 354 valence electrons. The zero-order valence-electron chi connectivity index (χ0n) is 36.1. The SMILES string of the molecule is C.C.C.C.C.C.C=Cc1ccc(C=C)cc1.C=Cc1ccc(OCCCN(C)C)cc1.CCC(C)c1ccc(C(C)CC2(c3ccc(OCCCN(C)C)cc3)CC2)cc1.O=BP. The molecule has 5 rings (SSSR count). The summed E-state index contributed by atoms with van der Waals surface area (Å²) in [5.41, 5.74) is 8.21. The predicted octanol–water partition coefficient (Wildman–Crippen LogP) is 16.0. The summed E-state index contributed by atoms with van der Waals surface area (Å²) in [5, 5.41) is 0. The first kappa shape index (κ1) is 68.0. The van der Waals surface area contributed by atoms with E-state index < -0.39 is 0 Å². The van der Waals surface area contributed by atoms with E-state index >= 15 is 0 Å². The van der Waals surface area contributed by atoms with E-state index in [0.717, 1.165) is 67.3 Å². The summed E-state index contributed by atoms with van der Waals surface area (Å²) in [6.45, 7) is 22.3. The van der Waals surface area contributed by atoms with Crippen LogP contribution in [0.1, 0.15) is 149 Å². The van der Waals surface area contributed by atoms with Crippen LogP contribution in [0.4, 0.5) is 0 Å². The second kappa shape index (κ2) is 38.4. The van der Waals surface area contributed by atoms with Crippen molar-refractivity contribution >= 4 is 34.2 Å². The second-order valence-corrected chi connectivity index (χ2v) is 15.7. The van der Waals surface area contributed by atoms with Gasteiger partial charge in [-0.15, -0.1) is 0 Å². The molecule has 0 spiro atoms. The van der Waals surface area contributed by atoms with Crippen LogP contribution >= 0.6 is 9.12 Å². The number of nitrogens with zero attached hydrogens (tertiary/aromatic N) is 2. The van der Waals surface area contributed by atoms with Gasteiger partial charge in [0.15, 0.2) is 0 Å². The van der Waals surface area contributed by atoms with Crippen LogP contribution in [0.2, 0.25) is 0 Å². The maximum absolute atomic E-state index is 8.77. The maximum atomic E-state index is 8.77. The molecule has 4 aromatic rings. The van der Waals surface area contributed by atoms with Crippen molar-refractivity contribution in [1.82, 2.24) is 9.80 Å². The normalized spacial score (nSPS) is 11.9. The Morgan fingerprint density at radius 1 is 0.603 bits per heavy atom. The minimum absolute atomic E-state index is 0. The molecule has 0 aromatic heterocycles. The molecule has 0 heterocycles. The summed E-state index contributed by atoms with van der Waals surface area (Å²) >= 11 is 0. The van der Waals surface area contributed by atoms with Crippen LogP contribution < -0.4 is 9.47 Å². The van der Waals surface area contributed by atoms with Crippen LogP contribution in [0.5, 0.6) is 11.5 Å². The monoisotopic (exact) mass is 885 g/mol. The molecule has 0 amide bonds. The number of hydrogen-bond donors (Lipinski definition) is 0. The van der Waals surface area contributed by atoms with E-state index in [4.69, 9.17) is 14.2 Å². The van der Waals surface area contributed by atoms with Gasteiger partial charge in [-0.25, -0.2) is 0 Å². The Hall–Kier alpha value is -4.09. The molecule has 1 fully saturated rings. The van der Waals surface area contributed by atoms with Gasteiger partial charge in [-0.2, -0.15) is 0 Å². The van der Waals surface area contributed by atoms with Gasteiger partial charge in [0.05, 0.1) is 13.2 Å². The summed E-state index contributed by atoms with van der Waals surface area (Å²) < 4.78 is 20.3. The van der Waals surface area contributed by atoms with Crippen LogP contribution in [0.15, 0.2) is 117 Å². The third-order valence-corrected chi connectivity index (χ3v) is 10.3. The molecular formula is C56H94BN2O3P. The predicted molar refractivity (Wildman–Crippen MR) is 293 cm³/mol. The topological polar surface area (TPSA) is 42.0 Å². The average molecular weight is 885 g/mol. The molecular weight excluding hydrogens is 790 g/mol. The molecule has 5 nitrogen and oxygen atoms in total. The molecule has 4 aromatic carbocycles. The van der Waals surface area contributed by atoms with Crippen molar-refractivity contribution in [2.45, 2.75) is 121 Å². The first-order chi connectivity index (χ1) is 27.4. The summed E-state index contributed by atoms with van der Waals surface area (Å²) in [4.78, 5) is 4.35. The zero-order chi connectivity index (χ0) is 42.1. The molecule has 3 atom stereocenters. The fourth-order valence-electron chi connectivity index (χ4n) is 6.37. The van der Waals surface area contributed by atoms with Crippen molar-refractivity contribution in [3.8, 4) is 11.5 Å². The Labute approximate surface area is 393 Å². The molecule has 1 aliphatic carbocycles. The van der Waals surface area contributed by atoms with Gasteiger partial charge in [0.1, 0.15) is 11.5 Å². The summed E-state index contributed by atoms with van der Waals surface area (Å²) in [6, 6.07) is 34.3. The fourth-order valence-corrected chi connectivity index (χ4v) is 6.37. The third-order valence-electron chi connectivity index (χ3n) is 10.3. The molecule has 0 aliphatic heterocycles. The van der Waals surface area contributed by atoms with Crippen LogP contribution in [-0.2, 0) is 10.1 Å². The fraction of sp³-hybridized carbons (Fsp3) is 0.464. The Morgan fingerprint density at radius 2 is 0.921 bits per heavy atom. The summed E-state index contributed by atoms with van der Waals surface area (Å²) in [6.07, 6.45) is 12.7. The van der Waals surface area contributed by atoms with Crippen molar-refractivity contribution in [3.05, 3.63) is 150 Å². The number of ether oxygens (including phenoxy) is 2. The van der Waals surface area contributed by atoms with Crippen LogP contribution in [0, 0.1) is 0 Å². The Balaban J connectivity index is -0.000000280. The van der Waals surface area contributed by atoms with Gasteiger partial charge in [0.25, 0.3) is 0 Å². The molecule has 1 aliphatic rings. The van der Waals surface area contributed by atoms with Crippen molar-refractivity contribution < 1.29 is 14.2 Å². The molecule has 1 saturated carbocycles. The van der Waals surface area contributed by atoms with Gasteiger partial charge < -0.3 is 19.3 Å². The van der Waals surface area contributed by atoms with Crippen molar-refractivity contribution in [3.63, 3.8) is 0 Å². The molecule has 0 radical (unpaired) electrons. The Morgan fingerprint density at radius 3 is 1.22 bits per heavy atom. The molecule has 63 heavy (non-hydrogen) atoms. The molecule has 0 N–H and O–H groups in total. The van der Waals surface area contributed by atoms with Gasteiger partial charge in [-0.05, 0) is 142 Å². The van der Waals surface area contributed by atoms with E-state index in [-0.39, 0.29) is 44.6 Å². The van der Waals surface area contributed by atoms with E-state index in [1.165, 1.54) is 42.4 Å². The number of rotatable bonds is 19. The Kier molecular flexibility index (Phi) is 41.4. The zero-order valence-corrected chi connectivity index (χ0v) is 37.2. The molecule has 3 unspecified atom stereocenters. The van der Waals surface area contributed by atoms with Crippen LogP contribution in [0.25, 0.3) is 18.2 Å². The van der Waals surface area contributed by atoms with E-state index in [0.29, 0.717) is 24.1 Å². The number of benzene rings is 4. The van der Waals surface area contributed by atoms with Crippen molar-refractivity contribution in [2.75, 3.05) is 54.5 Å². The van der Waals surface area contributed by atoms with Gasteiger partial charge in [-0.1, -0.05) is 176 Å². The van der Waals surface area contributed by atoms with Gasteiger partial charge in [-0.3, -0.25) is 0 Å². The molecule has 0 bridgehead atoms. The summed E-state index contributed by atoms with van der Waals surface area (Å²) in [5.74, 6) is 3.17. The second-order valence-electron chi connectivity index (χ2n) is 15.4. The van der Waals surface area contributed by atoms with Crippen molar-refractivity contribution in [1.29, 1.82) is 0 Å². The van der Waals surface area contributed by atoms with E-state index in [1.807, 2.05) is 75.9 Å². The molecule has 7 heteroatoms.